The molecule has 1 aromatic heterocycles. The van der Waals surface area contributed by atoms with Crippen molar-refractivity contribution < 1.29 is 8.78 Å². The van der Waals surface area contributed by atoms with Crippen LogP contribution >= 0.6 is 27.3 Å². The molecular weight excluding hydrogens is 320 g/mol. The van der Waals surface area contributed by atoms with Crippen LogP contribution in [-0.2, 0) is 0 Å². The van der Waals surface area contributed by atoms with Gasteiger partial charge in [0.15, 0.2) is 0 Å². The lowest BCUT2D eigenvalue weighted by Crippen LogP contribution is -2.19. The Labute approximate surface area is 117 Å². The van der Waals surface area contributed by atoms with Crippen molar-refractivity contribution in [1.82, 2.24) is 5.32 Å². The van der Waals surface area contributed by atoms with Crippen LogP contribution in [0.15, 0.2) is 28.7 Å². The molecule has 0 aliphatic rings. The number of nitrogens with one attached hydrogen (secondary N) is 1. The van der Waals surface area contributed by atoms with Crippen molar-refractivity contribution in [1.29, 1.82) is 0 Å². The van der Waals surface area contributed by atoms with E-state index in [-0.39, 0.29) is 5.56 Å². The maximum absolute atomic E-state index is 13.8. The van der Waals surface area contributed by atoms with Crippen LogP contribution in [0, 0.1) is 18.6 Å². The highest BCUT2D eigenvalue weighted by Crippen LogP contribution is 2.35. The van der Waals surface area contributed by atoms with Crippen molar-refractivity contribution in [3.8, 4) is 0 Å². The Hall–Kier alpha value is -0.780. The fraction of sp³-hybridized carbons (Fsp3) is 0.231. The Morgan fingerprint density at radius 3 is 2.33 bits per heavy atom. The van der Waals surface area contributed by atoms with Crippen LogP contribution in [0.5, 0.6) is 0 Å². The number of thiophene rings is 1. The van der Waals surface area contributed by atoms with Gasteiger partial charge in [0.1, 0.15) is 11.6 Å². The first-order valence-corrected chi connectivity index (χ1v) is 7.02. The SMILES string of the molecule is CNC(c1cc(Br)c(C)s1)c1c(F)cccc1F. The summed E-state index contributed by atoms with van der Waals surface area (Å²) in [5.74, 6) is -1.06. The summed E-state index contributed by atoms with van der Waals surface area (Å²) in [6.07, 6.45) is 0. The largest absolute Gasteiger partial charge is 0.308 e. The molecule has 5 heteroatoms. The van der Waals surface area contributed by atoms with E-state index in [0.717, 1.165) is 14.2 Å². The standard InChI is InChI=1S/C13H12BrF2NS/c1-7-8(14)6-11(18-7)13(17-2)12-9(15)4-3-5-10(12)16/h3-6,13,17H,1-2H3. The van der Waals surface area contributed by atoms with Crippen molar-refractivity contribution in [2.24, 2.45) is 0 Å². The first-order valence-electron chi connectivity index (χ1n) is 5.41. The summed E-state index contributed by atoms with van der Waals surface area (Å²) in [4.78, 5) is 1.97. The van der Waals surface area contributed by atoms with Gasteiger partial charge in [0.05, 0.1) is 6.04 Å². The van der Waals surface area contributed by atoms with Gasteiger partial charge in [0.2, 0.25) is 0 Å². The Kier molecular flexibility index (Phi) is 4.14. The summed E-state index contributed by atoms with van der Waals surface area (Å²) in [6, 6.07) is 5.35. The number of hydrogen-bond acceptors (Lipinski definition) is 2. The quantitative estimate of drug-likeness (QED) is 0.878. The van der Waals surface area contributed by atoms with Crippen molar-refractivity contribution in [2.75, 3.05) is 7.05 Å². The van der Waals surface area contributed by atoms with Gasteiger partial charge < -0.3 is 5.32 Å². The summed E-state index contributed by atoms with van der Waals surface area (Å²) in [7, 11) is 1.69. The fourth-order valence-electron chi connectivity index (χ4n) is 1.84. The van der Waals surface area contributed by atoms with Crippen LogP contribution in [0.25, 0.3) is 0 Å². The fourth-order valence-corrected chi connectivity index (χ4v) is 3.52. The van der Waals surface area contributed by atoms with E-state index in [1.807, 2.05) is 13.0 Å². The van der Waals surface area contributed by atoms with E-state index in [2.05, 4.69) is 21.2 Å². The smallest absolute Gasteiger partial charge is 0.131 e. The lowest BCUT2D eigenvalue weighted by atomic mass is 10.0. The number of rotatable bonds is 3. The Bertz CT molecular complexity index is 528. The highest BCUT2D eigenvalue weighted by molar-refractivity contribution is 9.10. The van der Waals surface area contributed by atoms with Crippen LogP contribution in [-0.4, -0.2) is 7.05 Å². The Morgan fingerprint density at radius 1 is 1.28 bits per heavy atom. The minimum absolute atomic E-state index is 0.0637. The van der Waals surface area contributed by atoms with E-state index in [9.17, 15) is 8.78 Å². The van der Waals surface area contributed by atoms with E-state index in [1.54, 1.807) is 7.05 Å². The summed E-state index contributed by atoms with van der Waals surface area (Å²) in [5, 5.41) is 2.97. The van der Waals surface area contributed by atoms with E-state index in [4.69, 9.17) is 0 Å². The lowest BCUT2D eigenvalue weighted by molar-refractivity contribution is 0.524. The predicted octanol–water partition coefficient (Wildman–Crippen LogP) is 4.41. The van der Waals surface area contributed by atoms with Gasteiger partial charge in [-0.05, 0) is 48.1 Å². The molecule has 2 aromatic rings. The Balaban J connectivity index is 2.52. The zero-order valence-corrected chi connectivity index (χ0v) is 12.3. The maximum Gasteiger partial charge on any atom is 0.131 e. The molecule has 0 fully saturated rings. The summed E-state index contributed by atoms with van der Waals surface area (Å²) in [5.41, 5.74) is 0.0637. The molecule has 1 atom stereocenters. The van der Waals surface area contributed by atoms with Crippen molar-refractivity contribution >= 4 is 27.3 Å². The van der Waals surface area contributed by atoms with E-state index >= 15 is 0 Å². The van der Waals surface area contributed by atoms with Crippen molar-refractivity contribution in [2.45, 2.75) is 13.0 Å². The average molecular weight is 332 g/mol. The third-order valence-corrected chi connectivity index (χ3v) is 4.94. The van der Waals surface area contributed by atoms with Gasteiger partial charge in [-0.2, -0.15) is 0 Å². The molecule has 0 saturated carbocycles. The van der Waals surface area contributed by atoms with Gasteiger partial charge in [-0.25, -0.2) is 8.78 Å². The second kappa shape index (κ2) is 5.47. The summed E-state index contributed by atoms with van der Waals surface area (Å²) in [6.45, 7) is 1.96. The van der Waals surface area contributed by atoms with Gasteiger partial charge in [-0.3, -0.25) is 0 Å². The topological polar surface area (TPSA) is 12.0 Å². The molecule has 0 bridgehead atoms. The summed E-state index contributed by atoms with van der Waals surface area (Å²) < 4.78 is 28.5. The van der Waals surface area contributed by atoms with Gasteiger partial charge in [0.25, 0.3) is 0 Å². The van der Waals surface area contributed by atoms with Crippen LogP contribution in [0.1, 0.15) is 21.4 Å². The first kappa shape index (κ1) is 13.6. The predicted molar refractivity (Wildman–Crippen MR) is 74.0 cm³/mol. The molecule has 1 aromatic carbocycles. The molecule has 96 valence electrons. The normalized spacial score (nSPS) is 12.7. The molecular formula is C13H12BrF2NS. The minimum Gasteiger partial charge on any atom is -0.308 e. The molecule has 0 spiro atoms. The minimum atomic E-state index is -0.531. The van der Waals surface area contributed by atoms with Crippen LogP contribution in [0.3, 0.4) is 0 Å². The Morgan fingerprint density at radius 2 is 1.89 bits per heavy atom. The van der Waals surface area contributed by atoms with E-state index < -0.39 is 17.7 Å². The van der Waals surface area contributed by atoms with Gasteiger partial charge in [-0.15, -0.1) is 11.3 Å². The third kappa shape index (κ3) is 2.48. The van der Waals surface area contributed by atoms with Crippen LogP contribution in [0.4, 0.5) is 8.78 Å². The highest BCUT2D eigenvalue weighted by atomic mass is 79.9. The van der Waals surface area contributed by atoms with E-state index in [0.29, 0.717) is 0 Å². The number of benzene rings is 1. The average Bonchev–Trinajstić information content (AvgIpc) is 2.64. The molecule has 2 rings (SSSR count). The zero-order chi connectivity index (χ0) is 13.3. The number of aryl methyl sites for hydroxylation is 1. The van der Waals surface area contributed by atoms with Gasteiger partial charge in [0, 0.05) is 19.8 Å². The van der Waals surface area contributed by atoms with E-state index in [1.165, 1.54) is 29.5 Å². The molecule has 1 N–H and O–H groups in total. The molecule has 0 aliphatic carbocycles. The van der Waals surface area contributed by atoms with Crippen molar-refractivity contribution in [3.05, 3.63) is 55.7 Å². The molecule has 1 unspecified atom stereocenters. The monoisotopic (exact) mass is 331 g/mol. The van der Waals surface area contributed by atoms with Crippen LogP contribution in [0.2, 0.25) is 0 Å². The maximum atomic E-state index is 13.8. The highest BCUT2D eigenvalue weighted by Gasteiger charge is 2.22. The second-order valence-electron chi connectivity index (χ2n) is 3.91. The lowest BCUT2D eigenvalue weighted by Gasteiger charge is -2.16. The molecule has 0 radical (unpaired) electrons. The molecule has 0 amide bonds. The summed E-state index contributed by atoms with van der Waals surface area (Å²) >= 11 is 4.93. The molecule has 18 heavy (non-hydrogen) atoms. The molecule has 0 saturated heterocycles. The van der Waals surface area contributed by atoms with Gasteiger partial charge in [-0.1, -0.05) is 6.07 Å². The molecule has 1 nitrogen and oxygen atoms in total. The molecule has 0 aliphatic heterocycles. The first-order chi connectivity index (χ1) is 8.54. The number of halogens is 3. The van der Waals surface area contributed by atoms with Gasteiger partial charge >= 0.3 is 0 Å². The third-order valence-electron chi connectivity index (χ3n) is 2.74. The second-order valence-corrected chi connectivity index (χ2v) is 6.05. The molecule has 1 heterocycles. The number of hydrogen-bond donors (Lipinski definition) is 1. The zero-order valence-electron chi connectivity index (χ0n) is 9.93. The van der Waals surface area contributed by atoms with Crippen LogP contribution < -0.4 is 5.32 Å². The van der Waals surface area contributed by atoms with Crippen molar-refractivity contribution in [3.63, 3.8) is 0 Å².